The molecule has 1 aliphatic heterocycles. The van der Waals surface area contributed by atoms with Crippen LogP contribution in [0.4, 0.5) is 25.0 Å². The number of nitrogens with one attached hydrogen (secondary N) is 1. The second-order valence-electron chi connectivity index (χ2n) is 3.21. The first kappa shape index (κ1) is 9.70. The average molecular weight is 213 g/mol. The predicted molar refractivity (Wildman–Crippen MR) is 51.5 cm³/mol. The van der Waals surface area contributed by atoms with Crippen molar-refractivity contribution in [3.8, 4) is 0 Å². The highest BCUT2D eigenvalue weighted by Gasteiger charge is 2.24. The molecule has 0 unspecified atom stereocenters. The molecule has 6 heteroatoms. The summed E-state index contributed by atoms with van der Waals surface area (Å²) in [7, 11) is 0. The third kappa shape index (κ3) is 1.58. The van der Waals surface area contributed by atoms with Crippen molar-refractivity contribution in [1.82, 2.24) is 5.32 Å². The number of rotatable bonds is 1. The molecule has 0 bridgehead atoms. The number of urea groups is 1. The summed E-state index contributed by atoms with van der Waals surface area (Å²) >= 11 is 0. The van der Waals surface area contributed by atoms with Gasteiger partial charge in [0.25, 0.3) is 0 Å². The van der Waals surface area contributed by atoms with Crippen molar-refractivity contribution >= 4 is 17.4 Å². The maximum absolute atomic E-state index is 13.3. The fourth-order valence-electron chi connectivity index (χ4n) is 1.46. The topological polar surface area (TPSA) is 58.4 Å². The van der Waals surface area contributed by atoms with Crippen molar-refractivity contribution in [3.63, 3.8) is 0 Å². The minimum atomic E-state index is -0.823. The van der Waals surface area contributed by atoms with Gasteiger partial charge >= 0.3 is 6.03 Å². The molecule has 80 valence electrons. The van der Waals surface area contributed by atoms with Crippen LogP contribution in [0.5, 0.6) is 0 Å². The van der Waals surface area contributed by atoms with Crippen molar-refractivity contribution in [2.24, 2.45) is 0 Å². The minimum absolute atomic E-state index is 0.00361. The van der Waals surface area contributed by atoms with Crippen LogP contribution in [0, 0.1) is 11.6 Å². The molecule has 1 aliphatic rings. The molecule has 0 aliphatic carbocycles. The fraction of sp³-hybridized carbons (Fsp3) is 0.222. The van der Waals surface area contributed by atoms with E-state index in [-0.39, 0.29) is 11.4 Å². The maximum atomic E-state index is 13.3. The number of amides is 2. The molecule has 4 nitrogen and oxygen atoms in total. The van der Waals surface area contributed by atoms with E-state index in [4.69, 9.17) is 5.73 Å². The Kier molecular flexibility index (Phi) is 2.18. The predicted octanol–water partition coefficient (Wildman–Crippen LogP) is 1.08. The molecule has 2 amide bonds. The number of nitrogens with zero attached hydrogens (tertiary/aromatic N) is 1. The second-order valence-corrected chi connectivity index (χ2v) is 3.21. The van der Waals surface area contributed by atoms with Crippen LogP contribution in [0.2, 0.25) is 0 Å². The van der Waals surface area contributed by atoms with E-state index < -0.39 is 17.7 Å². The number of hydrogen-bond acceptors (Lipinski definition) is 2. The van der Waals surface area contributed by atoms with Gasteiger partial charge in [0.2, 0.25) is 0 Å². The van der Waals surface area contributed by atoms with E-state index in [0.717, 1.165) is 6.07 Å². The minimum Gasteiger partial charge on any atom is -0.396 e. The number of benzene rings is 1. The van der Waals surface area contributed by atoms with E-state index in [0.29, 0.717) is 19.2 Å². The monoisotopic (exact) mass is 213 g/mol. The summed E-state index contributed by atoms with van der Waals surface area (Å²) in [4.78, 5) is 12.4. The Morgan fingerprint density at radius 3 is 2.67 bits per heavy atom. The number of carbonyl (C=O) groups excluding carboxylic acids is 1. The molecule has 15 heavy (non-hydrogen) atoms. The number of carbonyl (C=O) groups is 1. The molecule has 1 heterocycles. The Balaban J connectivity index is 2.43. The van der Waals surface area contributed by atoms with Crippen LogP contribution in [0.25, 0.3) is 0 Å². The SMILES string of the molecule is Nc1cc(N2CCNC2=O)c(F)cc1F. The smallest absolute Gasteiger partial charge is 0.322 e. The molecule has 1 fully saturated rings. The molecule has 3 N–H and O–H groups in total. The molecular weight excluding hydrogens is 204 g/mol. The van der Waals surface area contributed by atoms with Gasteiger partial charge < -0.3 is 11.1 Å². The van der Waals surface area contributed by atoms with Gasteiger partial charge in [-0.05, 0) is 6.07 Å². The third-order valence-corrected chi connectivity index (χ3v) is 2.21. The van der Waals surface area contributed by atoms with Crippen LogP contribution < -0.4 is 16.0 Å². The van der Waals surface area contributed by atoms with Crippen LogP contribution in [0.1, 0.15) is 0 Å². The molecule has 1 aromatic carbocycles. The Morgan fingerprint density at radius 2 is 2.07 bits per heavy atom. The molecule has 1 aromatic rings. The molecule has 0 saturated carbocycles. The lowest BCUT2D eigenvalue weighted by molar-refractivity contribution is 0.252. The summed E-state index contributed by atoms with van der Waals surface area (Å²) in [6, 6.07) is 1.39. The van der Waals surface area contributed by atoms with Crippen molar-refractivity contribution in [3.05, 3.63) is 23.8 Å². The molecule has 1 saturated heterocycles. The van der Waals surface area contributed by atoms with Gasteiger partial charge in [0.05, 0.1) is 11.4 Å². The summed E-state index contributed by atoms with van der Waals surface area (Å²) in [5, 5.41) is 2.52. The van der Waals surface area contributed by atoms with Crippen LogP contribution in [0.3, 0.4) is 0 Å². The van der Waals surface area contributed by atoms with E-state index >= 15 is 0 Å². The van der Waals surface area contributed by atoms with E-state index in [2.05, 4.69) is 5.32 Å². The first-order valence-electron chi connectivity index (χ1n) is 4.39. The first-order valence-corrected chi connectivity index (χ1v) is 4.39. The lowest BCUT2D eigenvalue weighted by atomic mass is 10.2. The van der Waals surface area contributed by atoms with E-state index in [9.17, 15) is 13.6 Å². The van der Waals surface area contributed by atoms with Crippen LogP contribution >= 0.6 is 0 Å². The highest BCUT2D eigenvalue weighted by atomic mass is 19.1. The Morgan fingerprint density at radius 1 is 1.33 bits per heavy atom. The van der Waals surface area contributed by atoms with Crippen LogP contribution in [-0.4, -0.2) is 19.1 Å². The molecular formula is C9H9F2N3O. The van der Waals surface area contributed by atoms with Crippen molar-refractivity contribution in [1.29, 1.82) is 0 Å². The van der Waals surface area contributed by atoms with Gasteiger partial charge in [-0.2, -0.15) is 0 Å². The summed E-state index contributed by atoms with van der Waals surface area (Å²) in [5.74, 6) is -1.62. The maximum Gasteiger partial charge on any atom is 0.322 e. The van der Waals surface area contributed by atoms with Gasteiger partial charge in [-0.15, -0.1) is 0 Å². The summed E-state index contributed by atoms with van der Waals surface area (Å²) < 4.78 is 26.2. The molecule has 0 aromatic heterocycles. The fourth-order valence-corrected chi connectivity index (χ4v) is 1.46. The van der Waals surface area contributed by atoms with E-state index in [1.54, 1.807) is 0 Å². The highest BCUT2D eigenvalue weighted by Crippen LogP contribution is 2.25. The first-order chi connectivity index (χ1) is 7.09. The van der Waals surface area contributed by atoms with Crippen molar-refractivity contribution in [2.45, 2.75) is 0 Å². The summed E-state index contributed by atoms with van der Waals surface area (Å²) in [6.45, 7) is 0.788. The summed E-state index contributed by atoms with van der Waals surface area (Å²) in [6.07, 6.45) is 0. The Bertz CT molecular complexity index is 422. The normalized spacial score (nSPS) is 15.6. The van der Waals surface area contributed by atoms with Gasteiger partial charge in [-0.3, -0.25) is 4.90 Å². The highest BCUT2D eigenvalue weighted by molar-refractivity contribution is 5.94. The zero-order valence-electron chi connectivity index (χ0n) is 7.76. The molecule has 0 radical (unpaired) electrons. The quantitative estimate of drug-likeness (QED) is 0.686. The number of anilines is 2. The largest absolute Gasteiger partial charge is 0.396 e. The number of nitrogen functional groups attached to an aromatic ring is 1. The molecule has 0 spiro atoms. The van der Waals surface area contributed by atoms with Gasteiger partial charge in [0.15, 0.2) is 0 Å². The van der Waals surface area contributed by atoms with Gasteiger partial charge in [0.1, 0.15) is 11.6 Å². The Hall–Kier alpha value is -1.85. The van der Waals surface area contributed by atoms with E-state index in [1.807, 2.05) is 0 Å². The van der Waals surface area contributed by atoms with Crippen molar-refractivity contribution in [2.75, 3.05) is 23.7 Å². The molecule has 2 rings (SSSR count). The van der Waals surface area contributed by atoms with Gasteiger partial charge in [0, 0.05) is 19.2 Å². The zero-order valence-corrected chi connectivity index (χ0v) is 7.76. The van der Waals surface area contributed by atoms with Crippen molar-refractivity contribution < 1.29 is 13.6 Å². The lowest BCUT2D eigenvalue weighted by Crippen LogP contribution is -2.28. The summed E-state index contributed by atoms with van der Waals surface area (Å²) in [5.41, 5.74) is 5.13. The Labute approximate surface area is 84.7 Å². The lowest BCUT2D eigenvalue weighted by Gasteiger charge is -2.15. The standard InChI is InChI=1S/C9H9F2N3O/c10-5-3-6(11)8(4-7(5)12)14-2-1-13-9(14)15/h3-4H,1-2,12H2,(H,13,15). The zero-order chi connectivity index (χ0) is 11.0. The average Bonchev–Trinajstić information content (AvgIpc) is 2.58. The number of nitrogens with two attached hydrogens (primary N) is 1. The molecule has 0 atom stereocenters. The van der Waals surface area contributed by atoms with Gasteiger partial charge in [-0.25, -0.2) is 13.6 Å². The van der Waals surface area contributed by atoms with E-state index in [1.165, 1.54) is 4.90 Å². The number of halogens is 2. The van der Waals surface area contributed by atoms with Crippen LogP contribution in [0.15, 0.2) is 12.1 Å². The second kappa shape index (κ2) is 3.38. The van der Waals surface area contributed by atoms with Crippen LogP contribution in [-0.2, 0) is 0 Å². The number of hydrogen-bond donors (Lipinski definition) is 2. The third-order valence-electron chi connectivity index (χ3n) is 2.21. The van der Waals surface area contributed by atoms with Gasteiger partial charge in [-0.1, -0.05) is 0 Å².